The fraction of sp³-hybridized carbons (Fsp3) is 0.290. The highest BCUT2D eigenvalue weighted by molar-refractivity contribution is 7.80. The molecule has 40 heavy (non-hydrogen) atoms. The summed E-state index contributed by atoms with van der Waals surface area (Å²) in [5, 5.41) is 1.64. The first-order valence-electron chi connectivity index (χ1n) is 13.1. The van der Waals surface area contributed by atoms with Gasteiger partial charge in [0.25, 0.3) is 11.3 Å². The van der Waals surface area contributed by atoms with E-state index in [-0.39, 0.29) is 26.2 Å². The van der Waals surface area contributed by atoms with Crippen LogP contribution < -0.4 is 9.04 Å². The van der Waals surface area contributed by atoms with E-state index < -0.39 is 23.0 Å². The van der Waals surface area contributed by atoms with Crippen molar-refractivity contribution in [1.29, 1.82) is 0 Å². The van der Waals surface area contributed by atoms with Gasteiger partial charge in [-0.25, -0.2) is 9.00 Å². The molecular formula is C31H35N3O5S. The number of hydrogen-bond acceptors (Lipinski definition) is 5. The van der Waals surface area contributed by atoms with Crippen molar-refractivity contribution in [3.8, 4) is 5.75 Å². The number of ether oxygens (including phenoxy) is 2. The summed E-state index contributed by atoms with van der Waals surface area (Å²) in [6.07, 6.45) is 3.56. The average molecular weight is 562 g/mol. The fourth-order valence-electron chi connectivity index (χ4n) is 4.31. The maximum absolute atomic E-state index is 13.1. The van der Waals surface area contributed by atoms with Crippen LogP contribution in [0.5, 0.6) is 5.75 Å². The van der Waals surface area contributed by atoms with E-state index in [1.807, 2.05) is 54.6 Å². The first-order valence-corrected chi connectivity index (χ1v) is 14.2. The van der Waals surface area contributed by atoms with E-state index >= 15 is 0 Å². The van der Waals surface area contributed by atoms with Crippen LogP contribution in [0.15, 0.2) is 91.3 Å². The van der Waals surface area contributed by atoms with Crippen molar-refractivity contribution in [2.75, 3.05) is 30.5 Å². The highest BCUT2D eigenvalue weighted by atomic mass is 32.2. The van der Waals surface area contributed by atoms with Crippen LogP contribution in [0.1, 0.15) is 31.9 Å². The van der Waals surface area contributed by atoms with Crippen LogP contribution in [0.25, 0.3) is 10.8 Å². The Morgan fingerprint density at radius 2 is 1.68 bits per heavy atom. The molecule has 0 aliphatic carbocycles. The predicted molar refractivity (Wildman–Crippen MR) is 159 cm³/mol. The maximum Gasteiger partial charge on any atom is 0.410 e. The number of carbonyl (C=O) groups excluding carboxylic acids is 1. The number of carbonyl (C=O) groups is 1. The van der Waals surface area contributed by atoms with E-state index in [0.29, 0.717) is 5.69 Å². The van der Waals surface area contributed by atoms with Gasteiger partial charge in [-0.05, 0) is 50.1 Å². The molecule has 0 radical (unpaired) electrons. The summed E-state index contributed by atoms with van der Waals surface area (Å²) in [4.78, 5) is 18.8. The highest BCUT2D eigenvalue weighted by Gasteiger charge is 2.24. The number of para-hydroxylation sites is 1. The lowest BCUT2D eigenvalue weighted by Crippen LogP contribution is -2.43. The Morgan fingerprint density at radius 1 is 0.925 bits per heavy atom. The molecule has 3 aromatic carbocycles. The largest absolute Gasteiger partial charge is 0.491 e. The smallest absolute Gasteiger partial charge is 0.410 e. The molecule has 1 unspecified atom stereocenters. The van der Waals surface area contributed by atoms with E-state index in [9.17, 15) is 13.6 Å². The van der Waals surface area contributed by atoms with Gasteiger partial charge in [-0.1, -0.05) is 60.7 Å². The summed E-state index contributed by atoms with van der Waals surface area (Å²) in [6, 6.07) is 25.3. The zero-order valence-electron chi connectivity index (χ0n) is 23.0. The molecule has 0 saturated heterocycles. The van der Waals surface area contributed by atoms with Gasteiger partial charge in [0.1, 0.15) is 18.0 Å². The van der Waals surface area contributed by atoms with Crippen LogP contribution in [0.2, 0.25) is 0 Å². The van der Waals surface area contributed by atoms with Crippen molar-refractivity contribution in [2.24, 2.45) is 0 Å². The number of benzene rings is 3. The molecule has 1 atom stereocenters. The SMILES string of the molecule is CC(C)(C)OC(=O)N(CCOc1ccccc1Cc1ccccc1)CCN(c1cccc2cnccc12)S(=O)O. The molecule has 0 aliphatic heterocycles. The molecule has 9 heteroatoms. The second-order valence-electron chi connectivity index (χ2n) is 10.3. The molecule has 0 saturated carbocycles. The highest BCUT2D eigenvalue weighted by Crippen LogP contribution is 2.27. The van der Waals surface area contributed by atoms with Crippen LogP contribution >= 0.6 is 0 Å². The van der Waals surface area contributed by atoms with Crippen molar-refractivity contribution >= 4 is 33.8 Å². The molecular weight excluding hydrogens is 526 g/mol. The molecule has 1 N–H and O–H groups in total. The van der Waals surface area contributed by atoms with Crippen LogP contribution in [0.3, 0.4) is 0 Å². The van der Waals surface area contributed by atoms with Gasteiger partial charge in [0.2, 0.25) is 0 Å². The molecule has 8 nitrogen and oxygen atoms in total. The quantitative estimate of drug-likeness (QED) is 0.223. The molecule has 0 fully saturated rings. The number of pyridine rings is 1. The van der Waals surface area contributed by atoms with Crippen LogP contribution in [0.4, 0.5) is 10.5 Å². The number of hydrogen-bond donors (Lipinski definition) is 1. The van der Waals surface area contributed by atoms with Gasteiger partial charge in [0, 0.05) is 36.1 Å². The van der Waals surface area contributed by atoms with E-state index in [1.165, 1.54) is 14.8 Å². The molecule has 0 spiro atoms. The first-order chi connectivity index (χ1) is 19.2. The number of amides is 1. The van der Waals surface area contributed by atoms with E-state index in [1.54, 1.807) is 45.3 Å². The van der Waals surface area contributed by atoms with E-state index in [4.69, 9.17) is 9.47 Å². The lowest BCUT2D eigenvalue weighted by molar-refractivity contribution is 0.0232. The molecule has 4 aromatic rings. The summed E-state index contributed by atoms with van der Waals surface area (Å²) in [7, 11) is 0. The Hall–Kier alpha value is -3.95. The summed E-state index contributed by atoms with van der Waals surface area (Å²) in [6.45, 7) is 6.13. The summed E-state index contributed by atoms with van der Waals surface area (Å²) in [5.41, 5.74) is 2.11. The lowest BCUT2D eigenvalue weighted by atomic mass is 10.0. The Morgan fingerprint density at radius 3 is 2.42 bits per heavy atom. The van der Waals surface area contributed by atoms with Gasteiger partial charge in [-0.3, -0.25) is 13.8 Å². The van der Waals surface area contributed by atoms with Crippen molar-refractivity contribution in [2.45, 2.75) is 32.8 Å². The Balaban J connectivity index is 1.47. The number of aromatic nitrogens is 1. The number of anilines is 1. The third kappa shape index (κ3) is 8.03. The van der Waals surface area contributed by atoms with Gasteiger partial charge in [0.15, 0.2) is 0 Å². The topological polar surface area (TPSA) is 92.2 Å². The second-order valence-corrected chi connectivity index (χ2v) is 11.2. The van der Waals surface area contributed by atoms with E-state index in [2.05, 4.69) is 17.1 Å². The van der Waals surface area contributed by atoms with Crippen LogP contribution in [-0.4, -0.2) is 56.6 Å². The summed E-state index contributed by atoms with van der Waals surface area (Å²) >= 11 is -2.31. The molecule has 1 aromatic heterocycles. The minimum absolute atomic E-state index is 0.106. The van der Waals surface area contributed by atoms with Crippen molar-refractivity contribution in [3.63, 3.8) is 0 Å². The Kier molecular flexibility index (Phi) is 9.74. The van der Waals surface area contributed by atoms with Crippen molar-refractivity contribution in [1.82, 2.24) is 9.88 Å². The minimum atomic E-state index is -2.31. The van der Waals surface area contributed by atoms with Gasteiger partial charge >= 0.3 is 6.09 Å². The summed E-state index contributed by atoms with van der Waals surface area (Å²) in [5.74, 6) is 0.748. The standard InChI is InChI=1S/C31H35N3O5S/c1-31(2,3)39-30(35)33(18-19-34(40(36)37)28-14-9-13-26-23-32-17-16-27(26)28)20-21-38-29-15-8-7-12-25(29)22-24-10-5-4-6-11-24/h4-17,23H,18-22H2,1-3H3,(H,36,37). The fourth-order valence-corrected chi connectivity index (χ4v) is 4.88. The Bertz CT molecular complexity index is 1440. The maximum atomic E-state index is 13.1. The van der Waals surface area contributed by atoms with Gasteiger partial charge in [-0.2, -0.15) is 0 Å². The number of nitrogens with zero attached hydrogens (tertiary/aromatic N) is 3. The summed E-state index contributed by atoms with van der Waals surface area (Å²) < 4.78 is 35.7. The molecule has 1 amide bonds. The van der Waals surface area contributed by atoms with Gasteiger partial charge in [-0.15, -0.1) is 0 Å². The van der Waals surface area contributed by atoms with Crippen LogP contribution in [0, 0.1) is 0 Å². The third-order valence-electron chi connectivity index (χ3n) is 6.17. The molecule has 210 valence electrons. The lowest BCUT2D eigenvalue weighted by Gasteiger charge is -2.29. The molecule has 0 bridgehead atoms. The number of fused-ring (bicyclic) bond motifs is 1. The average Bonchev–Trinajstić information content (AvgIpc) is 2.92. The second kappa shape index (κ2) is 13.4. The minimum Gasteiger partial charge on any atom is -0.491 e. The zero-order chi connectivity index (χ0) is 28.5. The first kappa shape index (κ1) is 29.0. The number of rotatable bonds is 11. The predicted octanol–water partition coefficient (Wildman–Crippen LogP) is 6.08. The van der Waals surface area contributed by atoms with Gasteiger partial charge in [0.05, 0.1) is 18.8 Å². The third-order valence-corrected chi connectivity index (χ3v) is 6.92. The van der Waals surface area contributed by atoms with Crippen molar-refractivity contribution < 1.29 is 23.0 Å². The zero-order valence-corrected chi connectivity index (χ0v) is 23.8. The Labute approximate surface area is 238 Å². The van der Waals surface area contributed by atoms with Gasteiger partial charge < -0.3 is 14.4 Å². The monoisotopic (exact) mass is 561 g/mol. The van der Waals surface area contributed by atoms with Crippen molar-refractivity contribution in [3.05, 3.63) is 102 Å². The van der Waals surface area contributed by atoms with E-state index in [0.717, 1.165) is 28.5 Å². The molecule has 0 aliphatic rings. The van der Waals surface area contributed by atoms with Crippen LogP contribution in [-0.2, 0) is 22.4 Å². The normalized spacial score (nSPS) is 12.1. The molecule has 4 rings (SSSR count). The molecule has 1 heterocycles.